The van der Waals surface area contributed by atoms with E-state index in [1.54, 1.807) is 18.3 Å². The van der Waals surface area contributed by atoms with E-state index in [1.807, 2.05) is 0 Å². The molecule has 108 valence electrons. The van der Waals surface area contributed by atoms with E-state index in [1.165, 1.54) is 0 Å². The minimum absolute atomic E-state index is 0.105. The van der Waals surface area contributed by atoms with Crippen LogP contribution in [0.15, 0.2) is 18.3 Å². The van der Waals surface area contributed by atoms with Crippen molar-refractivity contribution in [2.75, 3.05) is 13.1 Å². The molecule has 1 saturated carbocycles. The third-order valence-electron chi connectivity index (χ3n) is 3.50. The number of carbonyl (C=O) groups is 2. The van der Waals surface area contributed by atoms with E-state index in [-0.39, 0.29) is 17.7 Å². The Bertz CT molecular complexity index is 535. The maximum atomic E-state index is 11.9. The van der Waals surface area contributed by atoms with Crippen LogP contribution in [0.5, 0.6) is 0 Å². The van der Waals surface area contributed by atoms with Crippen LogP contribution in [0.4, 0.5) is 0 Å². The molecule has 0 atom stereocenters. The maximum absolute atomic E-state index is 11.9. The zero-order valence-electron chi connectivity index (χ0n) is 11.3. The van der Waals surface area contributed by atoms with Gasteiger partial charge in [0, 0.05) is 25.2 Å². The minimum atomic E-state index is -0.220. The molecule has 1 aromatic heterocycles. The zero-order valence-corrected chi connectivity index (χ0v) is 12.1. The van der Waals surface area contributed by atoms with Crippen LogP contribution < -0.4 is 10.6 Å². The molecular weight excluding hydrogens is 274 g/mol. The number of H-pyrrole nitrogens is 1. The van der Waals surface area contributed by atoms with Crippen molar-refractivity contribution in [2.45, 2.75) is 25.7 Å². The lowest BCUT2D eigenvalue weighted by atomic mass is 10.1. The van der Waals surface area contributed by atoms with Crippen LogP contribution in [0.25, 0.3) is 0 Å². The second-order valence-corrected chi connectivity index (χ2v) is 5.35. The minimum Gasteiger partial charge on any atom is -0.354 e. The van der Waals surface area contributed by atoms with Gasteiger partial charge in [0.25, 0.3) is 5.91 Å². The fourth-order valence-corrected chi connectivity index (χ4v) is 2.62. The lowest BCUT2D eigenvalue weighted by Gasteiger charge is -2.10. The van der Waals surface area contributed by atoms with E-state index >= 15 is 0 Å². The van der Waals surface area contributed by atoms with Gasteiger partial charge in [0.15, 0.2) is 0 Å². The Morgan fingerprint density at radius 3 is 2.65 bits per heavy atom. The molecule has 1 aliphatic rings. The second kappa shape index (κ2) is 7.19. The van der Waals surface area contributed by atoms with Crippen LogP contribution in [0.3, 0.4) is 0 Å². The van der Waals surface area contributed by atoms with Crippen molar-refractivity contribution in [3.05, 3.63) is 28.5 Å². The number of nitrogens with one attached hydrogen (secondary N) is 3. The summed E-state index contributed by atoms with van der Waals surface area (Å²) >= 11 is 5.04. The summed E-state index contributed by atoms with van der Waals surface area (Å²) in [4.78, 5) is 26.4. The average Bonchev–Trinajstić information content (AvgIpc) is 2.98. The largest absolute Gasteiger partial charge is 0.354 e. The van der Waals surface area contributed by atoms with Gasteiger partial charge in [0.1, 0.15) is 4.64 Å². The molecule has 1 aliphatic carbocycles. The Morgan fingerprint density at radius 2 is 1.95 bits per heavy atom. The van der Waals surface area contributed by atoms with Crippen molar-refractivity contribution in [3.63, 3.8) is 0 Å². The number of amides is 2. The fraction of sp³-hybridized carbons (Fsp3) is 0.500. The van der Waals surface area contributed by atoms with Crippen molar-refractivity contribution in [1.82, 2.24) is 15.6 Å². The summed E-state index contributed by atoms with van der Waals surface area (Å²) in [7, 11) is 0. The van der Waals surface area contributed by atoms with E-state index in [2.05, 4.69) is 15.6 Å². The molecular formula is C14H19N3O2S. The van der Waals surface area contributed by atoms with Crippen LogP contribution in [-0.4, -0.2) is 29.9 Å². The Labute approximate surface area is 123 Å². The highest BCUT2D eigenvalue weighted by molar-refractivity contribution is 7.71. The predicted molar refractivity (Wildman–Crippen MR) is 78.9 cm³/mol. The third-order valence-corrected chi connectivity index (χ3v) is 3.84. The Balaban J connectivity index is 1.71. The highest BCUT2D eigenvalue weighted by atomic mass is 32.1. The molecule has 6 heteroatoms. The highest BCUT2D eigenvalue weighted by Crippen LogP contribution is 2.24. The Morgan fingerprint density at radius 1 is 1.25 bits per heavy atom. The summed E-state index contributed by atoms with van der Waals surface area (Å²) in [6.45, 7) is 0.853. The van der Waals surface area contributed by atoms with Gasteiger partial charge < -0.3 is 15.6 Å². The number of hydrogen-bond donors (Lipinski definition) is 3. The van der Waals surface area contributed by atoms with Gasteiger partial charge in [0.05, 0.1) is 5.56 Å². The molecule has 0 unspecified atom stereocenters. The number of hydrogen-bond acceptors (Lipinski definition) is 3. The molecule has 2 amide bonds. The summed E-state index contributed by atoms with van der Waals surface area (Å²) in [5.74, 6) is 0.0457. The van der Waals surface area contributed by atoms with Crippen LogP contribution in [0.2, 0.25) is 0 Å². The van der Waals surface area contributed by atoms with Gasteiger partial charge in [-0.2, -0.15) is 0 Å². The molecule has 1 heterocycles. The van der Waals surface area contributed by atoms with Gasteiger partial charge in [0.2, 0.25) is 5.91 Å². The van der Waals surface area contributed by atoms with Gasteiger partial charge in [-0.15, -0.1) is 0 Å². The van der Waals surface area contributed by atoms with E-state index < -0.39 is 0 Å². The molecule has 5 nitrogen and oxygen atoms in total. The van der Waals surface area contributed by atoms with Crippen molar-refractivity contribution < 1.29 is 9.59 Å². The molecule has 0 aliphatic heterocycles. The first-order valence-electron chi connectivity index (χ1n) is 6.92. The fourth-order valence-electron chi connectivity index (χ4n) is 2.39. The second-order valence-electron chi connectivity index (χ2n) is 4.94. The molecule has 0 saturated heterocycles. The quantitative estimate of drug-likeness (QED) is 0.572. The molecule has 0 spiro atoms. The van der Waals surface area contributed by atoms with E-state index in [0.29, 0.717) is 23.3 Å². The monoisotopic (exact) mass is 293 g/mol. The zero-order chi connectivity index (χ0) is 14.4. The van der Waals surface area contributed by atoms with Crippen molar-refractivity contribution >= 4 is 24.0 Å². The first-order valence-corrected chi connectivity index (χ1v) is 7.33. The number of aromatic amines is 1. The summed E-state index contributed by atoms with van der Waals surface area (Å²) in [6.07, 6.45) is 5.93. The molecule has 20 heavy (non-hydrogen) atoms. The van der Waals surface area contributed by atoms with Crippen LogP contribution in [0, 0.1) is 10.6 Å². The first-order chi connectivity index (χ1) is 9.68. The molecule has 2 rings (SSSR count). The van der Waals surface area contributed by atoms with Gasteiger partial charge >= 0.3 is 0 Å². The SMILES string of the molecule is O=C(NCCNC(=O)C1CCCC1)c1ccc[nH]c1=S. The van der Waals surface area contributed by atoms with Crippen LogP contribution in [-0.2, 0) is 4.79 Å². The first kappa shape index (κ1) is 14.7. The lowest BCUT2D eigenvalue weighted by molar-refractivity contribution is -0.124. The normalized spacial score (nSPS) is 15.0. The van der Waals surface area contributed by atoms with Gasteiger partial charge in [-0.05, 0) is 25.0 Å². The molecule has 0 bridgehead atoms. The van der Waals surface area contributed by atoms with Gasteiger partial charge in [-0.1, -0.05) is 25.1 Å². The summed E-state index contributed by atoms with van der Waals surface area (Å²) < 4.78 is 0.417. The van der Waals surface area contributed by atoms with Crippen LogP contribution in [0.1, 0.15) is 36.0 Å². The number of rotatable bonds is 5. The lowest BCUT2D eigenvalue weighted by Crippen LogP contribution is -2.37. The summed E-state index contributed by atoms with van der Waals surface area (Å²) in [5.41, 5.74) is 0.449. The third kappa shape index (κ3) is 3.90. The highest BCUT2D eigenvalue weighted by Gasteiger charge is 2.21. The number of pyridine rings is 1. The molecule has 1 fully saturated rings. The van der Waals surface area contributed by atoms with Crippen LogP contribution >= 0.6 is 12.2 Å². The molecule has 1 aromatic rings. The van der Waals surface area contributed by atoms with E-state index in [9.17, 15) is 9.59 Å². The predicted octanol–water partition coefficient (Wildman–Crippen LogP) is 1.78. The van der Waals surface area contributed by atoms with Crippen molar-refractivity contribution in [2.24, 2.45) is 5.92 Å². The number of aromatic nitrogens is 1. The van der Waals surface area contributed by atoms with E-state index in [0.717, 1.165) is 25.7 Å². The molecule has 0 radical (unpaired) electrons. The van der Waals surface area contributed by atoms with E-state index in [4.69, 9.17) is 12.2 Å². The summed E-state index contributed by atoms with van der Waals surface area (Å²) in [5, 5.41) is 5.60. The average molecular weight is 293 g/mol. The van der Waals surface area contributed by atoms with Gasteiger partial charge in [-0.3, -0.25) is 9.59 Å². The van der Waals surface area contributed by atoms with Crippen molar-refractivity contribution in [3.8, 4) is 0 Å². The standard InChI is InChI=1S/C14H19N3O2S/c18-12(10-4-1-2-5-10)15-8-9-16-13(19)11-6-3-7-17-14(11)20/h3,6-7,10H,1-2,4-5,8-9H2,(H,15,18)(H,16,19)(H,17,20). The van der Waals surface area contributed by atoms with Crippen molar-refractivity contribution in [1.29, 1.82) is 0 Å². The van der Waals surface area contributed by atoms with Gasteiger partial charge in [-0.25, -0.2) is 0 Å². The Kier molecular flexibility index (Phi) is 5.29. The topological polar surface area (TPSA) is 74.0 Å². The summed E-state index contributed by atoms with van der Waals surface area (Å²) in [6, 6.07) is 3.40. The molecule has 0 aromatic carbocycles. The maximum Gasteiger partial charge on any atom is 0.254 e. The Hall–Kier alpha value is -1.69. The number of carbonyl (C=O) groups excluding carboxylic acids is 2. The smallest absolute Gasteiger partial charge is 0.254 e. The molecule has 3 N–H and O–H groups in total.